The summed E-state index contributed by atoms with van der Waals surface area (Å²) >= 11 is 2.07. The number of nitrogens with two attached hydrogens (primary N) is 1. The Morgan fingerprint density at radius 3 is 2.75 bits per heavy atom. The van der Waals surface area contributed by atoms with Gasteiger partial charge in [-0.1, -0.05) is 12.1 Å². The average Bonchev–Trinajstić information content (AvgIpc) is 2.41. The first-order valence-corrected chi connectivity index (χ1v) is 6.52. The average molecular weight is 384 g/mol. The highest BCUT2D eigenvalue weighted by molar-refractivity contribution is 14.1. The molecular formula is C12H9IN4O3. The van der Waals surface area contributed by atoms with Crippen molar-refractivity contribution in [3.8, 4) is 0 Å². The molecule has 0 atom stereocenters. The van der Waals surface area contributed by atoms with Gasteiger partial charge in [0.2, 0.25) is 0 Å². The maximum atomic E-state index is 12.1. The fourth-order valence-electron chi connectivity index (χ4n) is 1.50. The number of nitrogens with one attached hydrogen (secondary N) is 1. The number of amides is 1. The van der Waals surface area contributed by atoms with E-state index in [0.717, 1.165) is 15.8 Å². The first kappa shape index (κ1) is 14.2. The minimum atomic E-state index is -0.629. The van der Waals surface area contributed by atoms with E-state index in [-0.39, 0.29) is 17.1 Å². The summed E-state index contributed by atoms with van der Waals surface area (Å²) in [5.74, 6) is -0.596. The van der Waals surface area contributed by atoms with E-state index in [4.69, 9.17) is 5.73 Å². The van der Waals surface area contributed by atoms with Gasteiger partial charge in [-0.05, 0) is 34.7 Å². The molecule has 0 spiro atoms. The van der Waals surface area contributed by atoms with Gasteiger partial charge in [0, 0.05) is 9.64 Å². The van der Waals surface area contributed by atoms with E-state index < -0.39 is 10.8 Å². The first-order valence-electron chi connectivity index (χ1n) is 5.45. The van der Waals surface area contributed by atoms with Crippen LogP contribution in [0.15, 0.2) is 36.5 Å². The Bertz CT molecular complexity index is 690. The number of hydrogen-bond acceptors (Lipinski definition) is 5. The third-order valence-corrected chi connectivity index (χ3v) is 3.42. The third kappa shape index (κ3) is 3.02. The van der Waals surface area contributed by atoms with Crippen molar-refractivity contribution in [2.24, 2.45) is 0 Å². The van der Waals surface area contributed by atoms with Crippen molar-refractivity contribution in [1.29, 1.82) is 0 Å². The summed E-state index contributed by atoms with van der Waals surface area (Å²) < 4.78 is 0.843. The highest BCUT2D eigenvalue weighted by atomic mass is 127. The Hall–Kier alpha value is -2.23. The van der Waals surface area contributed by atoms with E-state index >= 15 is 0 Å². The Labute approximate surface area is 127 Å². The number of hydrogen-bond donors (Lipinski definition) is 2. The highest BCUT2D eigenvalue weighted by Gasteiger charge is 2.17. The molecule has 20 heavy (non-hydrogen) atoms. The maximum Gasteiger partial charge on any atom is 0.288 e. The van der Waals surface area contributed by atoms with Gasteiger partial charge in [-0.15, -0.1) is 0 Å². The second kappa shape index (κ2) is 5.82. The molecule has 0 aliphatic rings. The molecule has 2 aromatic rings. The van der Waals surface area contributed by atoms with Crippen LogP contribution in [0, 0.1) is 13.7 Å². The number of carbonyl (C=O) groups excluding carboxylic acids is 1. The molecule has 0 saturated carbocycles. The van der Waals surface area contributed by atoms with Crippen molar-refractivity contribution < 1.29 is 9.72 Å². The largest absolute Gasteiger partial charge is 0.383 e. The number of aromatic nitrogens is 1. The molecular weight excluding hydrogens is 375 g/mol. The molecule has 102 valence electrons. The zero-order valence-electron chi connectivity index (χ0n) is 10.0. The van der Waals surface area contributed by atoms with Crippen LogP contribution >= 0.6 is 22.6 Å². The number of nitrogen functional groups attached to an aromatic ring is 1. The molecule has 1 amide bonds. The van der Waals surface area contributed by atoms with Crippen molar-refractivity contribution in [2.75, 3.05) is 11.1 Å². The third-order valence-electron chi connectivity index (χ3n) is 2.48. The van der Waals surface area contributed by atoms with E-state index in [1.165, 1.54) is 0 Å². The van der Waals surface area contributed by atoms with Gasteiger partial charge >= 0.3 is 0 Å². The fourth-order valence-corrected chi connectivity index (χ4v) is 2.02. The van der Waals surface area contributed by atoms with Gasteiger partial charge in [0.15, 0.2) is 0 Å². The molecule has 0 aliphatic heterocycles. The van der Waals surface area contributed by atoms with Crippen molar-refractivity contribution in [3.05, 3.63) is 55.8 Å². The van der Waals surface area contributed by atoms with Crippen molar-refractivity contribution in [1.82, 2.24) is 4.98 Å². The predicted molar refractivity (Wildman–Crippen MR) is 82.4 cm³/mol. The monoisotopic (exact) mass is 384 g/mol. The number of rotatable bonds is 3. The molecule has 1 heterocycles. The predicted octanol–water partition coefficient (Wildman–Crippen LogP) is 2.43. The Morgan fingerprint density at radius 2 is 2.10 bits per heavy atom. The van der Waals surface area contributed by atoms with Crippen LogP contribution in [0.25, 0.3) is 0 Å². The number of nitrogens with zero attached hydrogens (tertiary/aromatic N) is 2. The number of anilines is 2. The number of pyridine rings is 1. The lowest BCUT2D eigenvalue weighted by Gasteiger charge is -2.08. The molecule has 7 nitrogen and oxygen atoms in total. The number of nitro groups is 1. The van der Waals surface area contributed by atoms with Gasteiger partial charge in [0.25, 0.3) is 11.6 Å². The van der Waals surface area contributed by atoms with Crippen LogP contribution < -0.4 is 11.1 Å². The molecule has 2 rings (SSSR count). The normalized spacial score (nSPS) is 10.1. The van der Waals surface area contributed by atoms with Crippen molar-refractivity contribution in [2.45, 2.75) is 0 Å². The lowest BCUT2D eigenvalue weighted by molar-refractivity contribution is -0.385. The summed E-state index contributed by atoms with van der Waals surface area (Å²) in [7, 11) is 0. The lowest BCUT2D eigenvalue weighted by atomic mass is 10.2. The molecule has 0 unspecified atom stereocenters. The highest BCUT2D eigenvalue weighted by Crippen LogP contribution is 2.21. The minimum absolute atomic E-state index is 0.0288. The standard InChI is InChI=1S/C12H9IN4O3/c13-9-3-1-2-4-10(9)16-12(18)8-5-7(17(19)20)6-15-11(8)14/h1-6H,(H2,14,15)(H,16,18). The Balaban J connectivity index is 2.32. The van der Waals surface area contributed by atoms with Crippen LogP contribution in [0.3, 0.4) is 0 Å². The molecule has 0 radical (unpaired) electrons. The first-order chi connectivity index (χ1) is 9.49. The summed E-state index contributed by atoms with van der Waals surface area (Å²) in [4.78, 5) is 25.8. The molecule has 1 aromatic carbocycles. The zero-order valence-corrected chi connectivity index (χ0v) is 12.2. The quantitative estimate of drug-likeness (QED) is 0.480. The lowest BCUT2D eigenvalue weighted by Crippen LogP contribution is -2.16. The summed E-state index contributed by atoms with van der Waals surface area (Å²) in [5.41, 5.74) is 5.87. The summed E-state index contributed by atoms with van der Waals surface area (Å²) in [6, 6.07) is 8.26. The second-order valence-electron chi connectivity index (χ2n) is 3.82. The van der Waals surface area contributed by atoms with Gasteiger partial charge < -0.3 is 11.1 Å². The smallest absolute Gasteiger partial charge is 0.288 e. The Kier molecular flexibility index (Phi) is 4.13. The van der Waals surface area contributed by atoms with Gasteiger partial charge in [0.05, 0.1) is 16.2 Å². The second-order valence-corrected chi connectivity index (χ2v) is 4.98. The van der Waals surface area contributed by atoms with Gasteiger partial charge in [-0.25, -0.2) is 4.98 Å². The van der Waals surface area contributed by atoms with Crippen LogP contribution in [-0.2, 0) is 0 Å². The van der Waals surface area contributed by atoms with Crippen LogP contribution in [-0.4, -0.2) is 15.8 Å². The van der Waals surface area contributed by atoms with Crippen LogP contribution in [0.5, 0.6) is 0 Å². The van der Waals surface area contributed by atoms with Crippen LogP contribution in [0.2, 0.25) is 0 Å². The van der Waals surface area contributed by atoms with Gasteiger partial charge in [-0.2, -0.15) is 0 Å². The molecule has 8 heteroatoms. The van der Waals surface area contributed by atoms with Crippen molar-refractivity contribution >= 4 is 45.7 Å². The molecule has 3 N–H and O–H groups in total. The van der Waals surface area contributed by atoms with Gasteiger partial charge in [-0.3, -0.25) is 14.9 Å². The van der Waals surface area contributed by atoms with E-state index in [2.05, 4.69) is 32.9 Å². The van der Waals surface area contributed by atoms with E-state index in [0.29, 0.717) is 5.69 Å². The Morgan fingerprint density at radius 1 is 1.40 bits per heavy atom. The van der Waals surface area contributed by atoms with E-state index in [1.54, 1.807) is 12.1 Å². The van der Waals surface area contributed by atoms with E-state index in [9.17, 15) is 14.9 Å². The minimum Gasteiger partial charge on any atom is -0.383 e. The number of para-hydroxylation sites is 1. The maximum absolute atomic E-state index is 12.1. The molecule has 0 aliphatic carbocycles. The van der Waals surface area contributed by atoms with Crippen LogP contribution in [0.1, 0.15) is 10.4 Å². The number of carbonyl (C=O) groups is 1. The topological polar surface area (TPSA) is 111 Å². The summed E-state index contributed by atoms with van der Waals surface area (Å²) in [6.07, 6.45) is 1.01. The van der Waals surface area contributed by atoms with E-state index in [1.807, 2.05) is 12.1 Å². The van der Waals surface area contributed by atoms with Crippen LogP contribution in [0.4, 0.5) is 17.2 Å². The molecule has 0 saturated heterocycles. The number of benzene rings is 1. The summed E-state index contributed by atoms with van der Waals surface area (Å²) in [5, 5.41) is 13.3. The van der Waals surface area contributed by atoms with Crippen molar-refractivity contribution in [3.63, 3.8) is 0 Å². The van der Waals surface area contributed by atoms with Gasteiger partial charge in [0.1, 0.15) is 12.0 Å². The SMILES string of the molecule is Nc1ncc([N+](=O)[O-])cc1C(=O)Nc1ccccc1I. The molecule has 1 aromatic heterocycles. The molecule has 0 bridgehead atoms. The number of halogens is 1. The zero-order chi connectivity index (χ0) is 14.7. The summed E-state index contributed by atoms with van der Waals surface area (Å²) in [6.45, 7) is 0. The molecule has 0 fully saturated rings. The fraction of sp³-hybridized carbons (Fsp3) is 0.